The number of methoxy groups -OCH3 is 1. The molecule has 5 N–H and O–H groups in total. The molecular formula is C25H26FN5O5S. The molecule has 10 nitrogen and oxygen atoms in total. The molecule has 0 unspecified atom stereocenters. The summed E-state index contributed by atoms with van der Waals surface area (Å²) < 4.78 is 29.9. The molecule has 4 rings (SSSR count). The van der Waals surface area contributed by atoms with Crippen LogP contribution in [-0.2, 0) is 9.53 Å². The predicted molar refractivity (Wildman–Crippen MR) is 136 cm³/mol. The molecule has 0 aliphatic carbocycles. The lowest BCUT2D eigenvalue weighted by molar-refractivity contribution is -0.123. The molecule has 1 fully saturated rings. The second-order valence-corrected chi connectivity index (χ2v) is 9.09. The third-order valence-electron chi connectivity index (χ3n) is 5.95. The highest BCUT2D eigenvalue weighted by Gasteiger charge is 2.37. The van der Waals surface area contributed by atoms with E-state index in [9.17, 15) is 14.4 Å². The van der Waals surface area contributed by atoms with Gasteiger partial charge in [-0.15, -0.1) is 0 Å². The number of nitrogens with two attached hydrogens (primary N) is 2. The number of hydrogen-bond donors (Lipinski definition) is 3. The lowest BCUT2D eigenvalue weighted by Crippen LogP contribution is -2.46. The van der Waals surface area contributed by atoms with E-state index in [0.717, 1.165) is 17.7 Å². The Morgan fingerprint density at radius 2 is 1.97 bits per heavy atom. The molecule has 2 atom stereocenters. The molecule has 1 aliphatic heterocycles. The van der Waals surface area contributed by atoms with Crippen molar-refractivity contribution in [3.05, 3.63) is 70.5 Å². The quantitative estimate of drug-likeness (QED) is 0.387. The third kappa shape index (κ3) is 5.54. The van der Waals surface area contributed by atoms with E-state index in [4.69, 9.17) is 20.9 Å². The van der Waals surface area contributed by atoms with Gasteiger partial charge in [0.2, 0.25) is 5.91 Å². The van der Waals surface area contributed by atoms with Gasteiger partial charge in [-0.2, -0.15) is 4.37 Å². The third-order valence-corrected chi connectivity index (χ3v) is 6.80. The zero-order valence-corrected chi connectivity index (χ0v) is 20.8. The van der Waals surface area contributed by atoms with Gasteiger partial charge in [0.25, 0.3) is 11.8 Å². The van der Waals surface area contributed by atoms with Gasteiger partial charge in [-0.25, -0.2) is 4.39 Å². The van der Waals surface area contributed by atoms with E-state index >= 15 is 4.39 Å². The first kappa shape index (κ1) is 26.0. The van der Waals surface area contributed by atoms with Crippen molar-refractivity contribution < 1.29 is 28.2 Å². The second-order valence-electron chi connectivity index (χ2n) is 8.32. The maximum atomic E-state index is 15.2. The molecule has 194 valence electrons. The van der Waals surface area contributed by atoms with Gasteiger partial charge in [-0.1, -0.05) is 24.3 Å². The predicted octanol–water partition coefficient (Wildman–Crippen LogP) is 2.66. The monoisotopic (exact) mass is 527 g/mol. The summed E-state index contributed by atoms with van der Waals surface area (Å²) in [5, 5.41) is 2.84. The highest BCUT2D eigenvalue weighted by molar-refractivity contribution is 7.09. The lowest BCUT2D eigenvalue weighted by atomic mass is 10.0. The number of carbonyl (C=O) groups excluding carboxylic acids is 3. The number of rotatable bonds is 9. The summed E-state index contributed by atoms with van der Waals surface area (Å²) in [6, 6.07) is 10.7. The number of amides is 3. The summed E-state index contributed by atoms with van der Waals surface area (Å²) in [6.07, 6.45) is 1.51. The number of carbonyl (C=O) groups is 3. The summed E-state index contributed by atoms with van der Waals surface area (Å²) in [7, 11) is 1.50. The molecule has 37 heavy (non-hydrogen) atoms. The van der Waals surface area contributed by atoms with E-state index < -0.39 is 29.6 Å². The van der Waals surface area contributed by atoms with E-state index in [2.05, 4.69) is 9.69 Å². The van der Waals surface area contributed by atoms with Crippen LogP contribution in [0.4, 0.5) is 15.8 Å². The number of benzene rings is 2. The SMILES string of the molecule is COc1ccc([C@H](C(=O)NC[C@@H]2CCCO2)N(C(=O)c2snc(C(N)=O)c2N)c2ccccc2F)cc1. The van der Waals surface area contributed by atoms with E-state index in [0.29, 0.717) is 29.5 Å². The maximum absolute atomic E-state index is 15.2. The van der Waals surface area contributed by atoms with E-state index in [1.54, 1.807) is 30.3 Å². The minimum absolute atomic E-state index is 0.150. The first-order valence-corrected chi connectivity index (χ1v) is 12.3. The van der Waals surface area contributed by atoms with Crippen molar-refractivity contribution in [3.63, 3.8) is 0 Å². The van der Waals surface area contributed by atoms with Crippen molar-refractivity contribution >= 4 is 40.6 Å². The van der Waals surface area contributed by atoms with Crippen LogP contribution in [0.5, 0.6) is 5.75 Å². The molecule has 2 heterocycles. The lowest BCUT2D eigenvalue weighted by Gasteiger charge is -2.31. The first-order valence-electron chi connectivity index (χ1n) is 11.5. The van der Waals surface area contributed by atoms with Gasteiger partial charge >= 0.3 is 0 Å². The van der Waals surface area contributed by atoms with Crippen molar-refractivity contribution in [2.24, 2.45) is 5.73 Å². The van der Waals surface area contributed by atoms with Crippen molar-refractivity contribution in [2.75, 3.05) is 30.9 Å². The molecule has 12 heteroatoms. The fourth-order valence-corrected chi connectivity index (χ4v) is 4.81. The summed E-state index contributed by atoms with van der Waals surface area (Å²) in [5.41, 5.74) is 11.1. The topological polar surface area (TPSA) is 150 Å². The van der Waals surface area contributed by atoms with E-state index in [1.165, 1.54) is 25.3 Å². The Bertz CT molecular complexity index is 1290. The van der Waals surface area contributed by atoms with Crippen LogP contribution in [0.1, 0.15) is 44.6 Å². The Balaban J connectivity index is 1.82. The molecule has 0 spiro atoms. The number of aromatic nitrogens is 1. The second kappa shape index (κ2) is 11.4. The summed E-state index contributed by atoms with van der Waals surface area (Å²) in [4.78, 5) is 40.2. The van der Waals surface area contributed by atoms with Gasteiger partial charge < -0.3 is 26.3 Å². The van der Waals surface area contributed by atoms with Crippen LogP contribution in [-0.4, -0.2) is 48.5 Å². The van der Waals surface area contributed by atoms with Crippen LogP contribution < -0.4 is 26.4 Å². The van der Waals surface area contributed by atoms with Gasteiger partial charge in [0.1, 0.15) is 22.5 Å². The zero-order valence-electron chi connectivity index (χ0n) is 20.0. The highest BCUT2D eigenvalue weighted by atomic mass is 32.1. The maximum Gasteiger partial charge on any atom is 0.273 e. The Morgan fingerprint density at radius 3 is 2.57 bits per heavy atom. The average Bonchev–Trinajstić information content (AvgIpc) is 3.56. The molecule has 2 aromatic carbocycles. The largest absolute Gasteiger partial charge is 0.497 e. The smallest absolute Gasteiger partial charge is 0.273 e. The molecule has 0 bridgehead atoms. The Hall–Kier alpha value is -4.03. The number of ether oxygens (including phenoxy) is 2. The Labute approximate surface area is 216 Å². The molecule has 1 aliphatic rings. The van der Waals surface area contributed by atoms with Crippen molar-refractivity contribution in [1.29, 1.82) is 0 Å². The van der Waals surface area contributed by atoms with E-state index in [-0.39, 0.29) is 34.6 Å². The summed E-state index contributed by atoms with van der Waals surface area (Å²) in [6.45, 7) is 0.828. The number of nitrogen functional groups attached to an aromatic ring is 1. The molecule has 3 amide bonds. The minimum Gasteiger partial charge on any atom is -0.497 e. The summed E-state index contributed by atoms with van der Waals surface area (Å²) >= 11 is 0.644. The number of para-hydroxylation sites is 1. The fourth-order valence-electron chi connectivity index (χ4n) is 4.07. The average molecular weight is 528 g/mol. The molecule has 0 saturated carbocycles. The van der Waals surface area contributed by atoms with Gasteiger partial charge in [0, 0.05) is 13.2 Å². The number of halogens is 1. The summed E-state index contributed by atoms with van der Waals surface area (Å²) in [5.74, 6) is -2.49. The minimum atomic E-state index is -1.31. The Morgan fingerprint density at radius 1 is 1.24 bits per heavy atom. The van der Waals surface area contributed by atoms with Gasteiger partial charge in [0.15, 0.2) is 5.69 Å². The molecule has 0 radical (unpaired) electrons. The van der Waals surface area contributed by atoms with E-state index in [1.807, 2.05) is 0 Å². The number of primary amides is 1. The number of nitrogens with zero attached hydrogens (tertiary/aromatic N) is 2. The number of nitrogens with one attached hydrogen (secondary N) is 1. The van der Waals surface area contributed by atoms with Crippen LogP contribution in [0.2, 0.25) is 0 Å². The number of anilines is 2. The molecule has 1 aromatic heterocycles. The van der Waals surface area contributed by atoms with Crippen LogP contribution in [0.25, 0.3) is 0 Å². The molecular weight excluding hydrogens is 501 g/mol. The van der Waals surface area contributed by atoms with Crippen LogP contribution in [0.15, 0.2) is 48.5 Å². The highest BCUT2D eigenvalue weighted by Crippen LogP contribution is 2.35. The van der Waals surface area contributed by atoms with Crippen molar-refractivity contribution in [1.82, 2.24) is 9.69 Å². The van der Waals surface area contributed by atoms with Crippen molar-refractivity contribution in [3.8, 4) is 5.75 Å². The normalized spacial score (nSPS) is 15.7. The molecule has 1 saturated heterocycles. The van der Waals surface area contributed by atoms with Crippen LogP contribution in [0.3, 0.4) is 0 Å². The van der Waals surface area contributed by atoms with Gasteiger partial charge in [0.05, 0.1) is 24.6 Å². The Kier molecular flexibility index (Phi) is 7.99. The fraction of sp³-hybridized carbons (Fsp3) is 0.280. The van der Waals surface area contributed by atoms with Crippen LogP contribution in [0, 0.1) is 5.82 Å². The van der Waals surface area contributed by atoms with Crippen LogP contribution >= 0.6 is 11.5 Å². The molecule has 3 aromatic rings. The first-order chi connectivity index (χ1) is 17.8. The number of hydrogen-bond acceptors (Lipinski definition) is 8. The zero-order chi connectivity index (χ0) is 26.5. The van der Waals surface area contributed by atoms with Crippen molar-refractivity contribution in [2.45, 2.75) is 25.0 Å². The van der Waals surface area contributed by atoms with Gasteiger partial charge in [-0.3, -0.25) is 19.3 Å². The standard InChI is InChI=1S/C25H26FN5O5S/c1-35-15-10-8-14(9-11-15)21(24(33)29-13-16-5-4-12-36-16)31(18-7-3-2-6-17(18)26)25(34)22-19(27)20(23(28)32)30-37-22/h2-3,6-11,16,21H,4-5,12-13,27H2,1H3,(H2,28,32)(H,29,33)/t16-,21+/m0/s1. The van der Waals surface area contributed by atoms with Gasteiger partial charge in [-0.05, 0) is 54.2 Å².